The first-order valence-corrected chi connectivity index (χ1v) is 8.49. The molecule has 0 amide bonds. The summed E-state index contributed by atoms with van der Waals surface area (Å²) in [4.78, 5) is 0. The fourth-order valence-electron chi connectivity index (χ4n) is 2.79. The van der Waals surface area contributed by atoms with E-state index in [-0.39, 0.29) is 6.04 Å². The molecule has 3 aromatic rings. The molecular weight excluding hydrogens is 292 g/mol. The number of rotatable bonds is 8. The molecule has 3 rings (SSSR count). The molecule has 0 bridgehead atoms. The Balaban J connectivity index is 1.59. The Morgan fingerprint density at radius 2 is 1.08 bits per heavy atom. The summed E-state index contributed by atoms with van der Waals surface area (Å²) in [6, 6.07) is 32.0. The average molecular weight is 316 g/mol. The lowest BCUT2D eigenvalue weighted by Crippen LogP contribution is -2.31. The summed E-state index contributed by atoms with van der Waals surface area (Å²) in [5, 5.41) is 7.25. The average Bonchev–Trinajstić information content (AvgIpc) is 2.67. The van der Waals surface area contributed by atoms with E-state index in [1.807, 2.05) is 0 Å². The maximum absolute atomic E-state index is 3.68. The van der Waals surface area contributed by atoms with E-state index in [0.717, 1.165) is 19.6 Å². The van der Waals surface area contributed by atoms with Gasteiger partial charge in [0.15, 0.2) is 0 Å². The van der Waals surface area contributed by atoms with Crippen LogP contribution in [0.15, 0.2) is 91.0 Å². The predicted octanol–water partition coefficient (Wildman–Crippen LogP) is 4.31. The third-order valence-electron chi connectivity index (χ3n) is 4.12. The SMILES string of the molecule is c1ccc(CNC[C@H](NCc2ccccc2)c2ccccc2)cc1. The Morgan fingerprint density at radius 1 is 0.583 bits per heavy atom. The summed E-state index contributed by atoms with van der Waals surface area (Å²) in [6.07, 6.45) is 0. The zero-order chi connectivity index (χ0) is 16.5. The minimum atomic E-state index is 0.287. The van der Waals surface area contributed by atoms with Gasteiger partial charge in [-0.05, 0) is 16.7 Å². The quantitative estimate of drug-likeness (QED) is 0.647. The van der Waals surface area contributed by atoms with E-state index < -0.39 is 0 Å². The lowest BCUT2D eigenvalue weighted by atomic mass is 10.1. The van der Waals surface area contributed by atoms with Gasteiger partial charge >= 0.3 is 0 Å². The van der Waals surface area contributed by atoms with Gasteiger partial charge in [0.2, 0.25) is 0 Å². The fourth-order valence-corrected chi connectivity index (χ4v) is 2.79. The van der Waals surface area contributed by atoms with Crippen LogP contribution in [0.2, 0.25) is 0 Å². The van der Waals surface area contributed by atoms with E-state index in [2.05, 4.69) is 102 Å². The van der Waals surface area contributed by atoms with Crippen LogP contribution in [0.1, 0.15) is 22.7 Å². The third-order valence-corrected chi connectivity index (χ3v) is 4.12. The molecule has 0 aliphatic rings. The van der Waals surface area contributed by atoms with Gasteiger partial charge in [0.05, 0.1) is 0 Å². The highest BCUT2D eigenvalue weighted by atomic mass is 15.0. The zero-order valence-corrected chi connectivity index (χ0v) is 13.9. The van der Waals surface area contributed by atoms with Gasteiger partial charge in [-0.25, -0.2) is 0 Å². The second-order valence-electron chi connectivity index (χ2n) is 5.95. The monoisotopic (exact) mass is 316 g/mol. The predicted molar refractivity (Wildman–Crippen MR) is 101 cm³/mol. The molecular formula is C22H24N2. The molecule has 0 spiro atoms. The van der Waals surface area contributed by atoms with Gasteiger partial charge in [-0.3, -0.25) is 0 Å². The summed E-state index contributed by atoms with van der Waals surface area (Å²) in [5.41, 5.74) is 3.93. The van der Waals surface area contributed by atoms with Gasteiger partial charge in [0, 0.05) is 25.7 Å². The zero-order valence-electron chi connectivity index (χ0n) is 13.9. The molecule has 24 heavy (non-hydrogen) atoms. The van der Waals surface area contributed by atoms with E-state index in [4.69, 9.17) is 0 Å². The number of hydrogen-bond acceptors (Lipinski definition) is 2. The van der Waals surface area contributed by atoms with Crippen molar-refractivity contribution in [2.24, 2.45) is 0 Å². The summed E-state index contributed by atoms with van der Waals surface area (Å²) in [7, 11) is 0. The third kappa shape index (κ3) is 5.05. The Bertz CT molecular complexity index is 696. The first-order chi connectivity index (χ1) is 11.9. The van der Waals surface area contributed by atoms with Gasteiger partial charge in [-0.15, -0.1) is 0 Å². The standard InChI is InChI=1S/C22H24N2/c1-4-10-19(11-5-1)16-23-18-22(21-14-8-3-9-15-21)24-17-20-12-6-2-7-13-20/h1-15,22-24H,16-18H2/t22-/m0/s1. The lowest BCUT2D eigenvalue weighted by molar-refractivity contribution is 0.488. The Hall–Kier alpha value is -2.42. The van der Waals surface area contributed by atoms with Crippen LogP contribution in [0.3, 0.4) is 0 Å². The fraction of sp³-hybridized carbons (Fsp3) is 0.182. The van der Waals surface area contributed by atoms with E-state index >= 15 is 0 Å². The molecule has 2 nitrogen and oxygen atoms in total. The Kier molecular flexibility index (Phi) is 6.18. The highest BCUT2D eigenvalue weighted by Crippen LogP contribution is 2.13. The summed E-state index contributed by atoms with van der Waals surface area (Å²) in [6.45, 7) is 2.65. The van der Waals surface area contributed by atoms with Gasteiger partial charge in [-0.2, -0.15) is 0 Å². The highest BCUT2D eigenvalue weighted by molar-refractivity contribution is 5.21. The highest BCUT2D eigenvalue weighted by Gasteiger charge is 2.10. The minimum Gasteiger partial charge on any atom is -0.311 e. The van der Waals surface area contributed by atoms with Crippen molar-refractivity contribution in [3.8, 4) is 0 Å². The van der Waals surface area contributed by atoms with Crippen molar-refractivity contribution in [3.05, 3.63) is 108 Å². The maximum Gasteiger partial charge on any atom is 0.0449 e. The smallest absolute Gasteiger partial charge is 0.0449 e. The first kappa shape index (κ1) is 16.4. The van der Waals surface area contributed by atoms with Crippen molar-refractivity contribution in [3.63, 3.8) is 0 Å². The van der Waals surface area contributed by atoms with Crippen molar-refractivity contribution >= 4 is 0 Å². The normalized spacial score (nSPS) is 12.0. The van der Waals surface area contributed by atoms with E-state index in [1.165, 1.54) is 16.7 Å². The minimum absolute atomic E-state index is 0.287. The van der Waals surface area contributed by atoms with E-state index in [9.17, 15) is 0 Å². The van der Waals surface area contributed by atoms with E-state index in [1.54, 1.807) is 0 Å². The van der Waals surface area contributed by atoms with Crippen LogP contribution < -0.4 is 10.6 Å². The summed E-state index contributed by atoms with van der Waals surface area (Å²) in [5.74, 6) is 0. The van der Waals surface area contributed by atoms with Crippen LogP contribution in [0.4, 0.5) is 0 Å². The van der Waals surface area contributed by atoms with Crippen LogP contribution in [0, 0.1) is 0 Å². The molecule has 122 valence electrons. The molecule has 0 saturated heterocycles. The van der Waals surface area contributed by atoms with E-state index in [0.29, 0.717) is 0 Å². The van der Waals surface area contributed by atoms with Crippen molar-refractivity contribution in [1.29, 1.82) is 0 Å². The van der Waals surface area contributed by atoms with Crippen LogP contribution in [0.5, 0.6) is 0 Å². The molecule has 1 atom stereocenters. The maximum atomic E-state index is 3.68. The summed E-state index contributed by atoms with van der Waals surface area (Å²) < 4.78 is 0. The second-order valence-corrected chi connectivity index (χ2v) is 5.95. The second kappa shape index (κ2) is 9.02. The molecule has 0 saturated carbocycles. The van der Waals surface area contributed by atoms with Crippen molar-refractivity contribution in [2.45, 2.75) is 19.1 Å². The molecule has 0 aliphatic carbocycles. The number of hydrogen-bond donors (Lipinski definition) is 2. The number of benzene rings is 3. The van der Waals surface area contributed by atoms with Gasteiger partial charge < -0.3 is 10.6 Å². The molecule has 0 fully saturated rings. The molecule has 0 radical (unpaired) electrons. The van der Waals surface area contributed by atoms with Crippen molar-refractivity contribution < 1.29 is 0 Å². The van der Waals surface area contributed by atoms with Gasteiger partial charge in [-0.1, -0.05) is 91.0 Å². The molecule has 0 aromatic heterocycles. The first-order valence-electron chi connectivity index (χ1n) is 8.49. The van der Waals surface area contributed by atoms with Crippen LogP contribution >= 0.6 is 0 Å². The molecule has 2 heteroatoms. The van der Waals surface area contributed by atoms with Crippen molar-refractivity contribution in [1.82, 2.24) is 10.6 Å². The largest absolute Gasteiger partial charge is 0.311 e. The van der Waals surface area contributed by atoms with Crippen molar-refractivity contribution in [2.75, 3.05) is 6.54 Å². The van der Waals surface area contributed by atoms with Crippen LogP contribution in [-0.4, -0.2) is 6.54 Å². The molecule has 2 N–H and O–H groups in total. The molecule has 0 unspecified atom stereocenters. The Morgan fingerprint density at radius 3 is 1.67 bits per heavy atom. The molecule has 3 aromatic carbocycles. The Labute approximate surface area is 144 Å². The lowest BCUT2D eigenvalue weighted by Gasteiger charge is -2.20. The molecule has 0 heterocycles. The molecule has 0 aliphatic heterocycles. The van der Waals surface area contributed by atoms with Crippen LogP contribution in [0.25, 0.3) is 0 Å². The van der Waals surface area contributed by atoms with Gasteiger partial charge in [0.1, 0.15) is 0 Å². The summed E-state index contributed by atoms with van der Waals surface area (Å²) >= 11 is 0. The van der Waals surface area contributed by atoms with Crippen LogP contribution in [-0.2, 0) is 13.1 Å². The topological polar surface area (TPSA) is 24.1 Å². The number of nitrogens with one attached hydrogen (secondary N) is 2. The van der Waals surface area contributed by atoms with Gasteiger partial charge in [0.25, 0.3) is 0 Å².